The Hall–Kier alpha value is -2.68. The van der Waals surface area contributed by atoms with Gasteiger partial charge in [-0.3, -0.25) is 9.69 Å². The predicted octanol–water partition coefficient (Wildman–Crippen LogP) is 5.25. The minimum absolute atomic E-state index is 0.147. The van der Waals surface area contributed by atoms with E-state index in [0.29, 0.717) is 15.9 Å². The summed E-state index contributed by atoms with van der Waals surface area (Å²) in [5.41, 5.74) is 1.67. The molecular weight excluding hydrogens is 456 g/mol. The molecule has 1 amide bonds. The van der Waals surface area contributed by atoms with Gasteiger partial charge in [0.05, 0.1) is 38.7 Å². The van der Waals surface area contributed by atoms with Gasteiger partial charge >= 0.3 is 0 Å². The first kappa shape index (κ1) is 21.5. The highest BCUT2D eigenvalue weighted by atomic mass is 35.5. The lowest BCUT2D eigenvalue weighted by molar-refractivity contribution is -0.118. The largest absolute Gasteiger partial charge is 0.467 e. The summed E-state index contributed by atoms with van der Waals surface area (Å²) in [5, 5.41) is 1.01. The highest BCUT2D eigenvalue weighted by molar-refractivity contribution is 7.91. The van der Waals surface area contributed by atoms with Gasteiger partial charge in [-0.2, -0.15) is 0 Å². The van der Waals surface area contributed by atoms with Crippen LogP contribution in [0.2, 0.25) is 5.02 Å². The van der Waals surface area contributed by atoms with Crippen molar-refractivity contribution in [2.24, 2.45) is 0 Å². The Bertz CT molecular complexity index is 1280. The van der Waals surface area contributed by atoms with Gasteiger partial charge in [0.2, 0.25) is 5.91 Å². The molecule has 31 heavy (non-hydrogen) atoms. The van der Waals surface area contributed by atoms with E-state index in [2.05, 4.69) is 4.98 Å². The van der Waals surface area contributed by atoms with E-state index in [-0.39, 0.29) is 29.5 Å². The Kier molecular flexibility index (Phi) is 6.13. The molecule has 0 spiro atoms. The lowest BCUT2D eigenvalue weighted by atomic mass is 10.2. The first-order valence-electron chi connectivity index (χ1n) is 9.51. The molecule has 2 aromatic heterocycles. The molecule has 0 fully saturated rings. The molecular formula is C22H19ClN2O4S2. The lowest BCUT2D eigenvalue weighted by Gasteiger charge is -2.18. The van der Waals surface area contributed by atoms with Gasteiger partial charge in [0.25, 0.3) is 0 Å². The van der Waals surface area contributed by atoms with E-state index in [9.17, 15) is 13.2 Å². The second-order valence-electron chi connectivity index (χ2n) is 6.98. The number of benzene rings is 2. The monoisotopic (exact) mass is 474 g/mol. The third-order valence-corrected chi connectivity index (χ3v) is 8.07. The molecule has 4 rings (SSSR count). The molecule has 0 saturated heterocycles. The molecule has 0 saturated carbocycles. The smallest absolute Gasteiger partial charge is 0.230 e. The molecule has 2 heterocycles. The Morgan fingerprint density at radius 2 is 1.90 bits per heavy atom. The van der Waals surface area contributed by atoms with Crippen LogP contribution in [0.15, 0.2) is 70.2 Å². The number of rotatable bonds is 7. The highest BCUT2D eigenvalue weighted by Gasteiger charge is 2.25. The molecule has 0 aliphatic heterocycles. The number of hydrogen-bond acceptors (Lipinski definition) is 6. The Labute approximate surface area is 189 Å². The zero-order valence-electron chi connectivity index (χ0n) is 16.6. The van der Waals surface area contributed by atoms with Crippen LogP contribution in [0.5, 0.6) is 0 Å². The molecule has 4 aromatic rings. The van der Waals surface area contributed by atoms with Crippen molar-refractivity contribution in [3.05, 3.63) is 77.2 Å². The lowest BCUT2D eigenvalue weighted by Crippen LogP contribution is -2.31. The Balaban J connectivity index is 1.63. The molecule has 160 valence electrons. The van der Waals surface area contributed by atoms with Gasteiger partial charge in [0.15, 0.2) is 15.0 Å². The molecule has 0 unspecified atom stereocenters. The third kappa shape index (κ3) is 4.66. The first-order valence-corrected chi connectivity index (χ1v) is 12.4. The van der Waals surface area contributed by atoms with Crippen molar-refractivity contribution in [2.45, 2.75) is 24.8 Å². The zero-order valence-corrected chi connectivity index (χ0v) is 19.0. The molecule has 0 N–H and O–H groups in total. The maximum absolute atomic E-state index is 13.1. The van der Waals surface area contributed by atoms with Crippen molar-refractivity contribution >= 4 is 54.0 Å². The Morgan fingerprint density at radius 3 is 2.58 bits per heavy atom. The van der Waals surface area contributed by atoms with E-state index in [1.807, 2.05) is 13.0 Å². The number of fused-ring (bicyclic) bond motifs is 1. The molecule has 2 aromatic carbocycles. The minimum Gasteiger partial charge on any atom is -0.467 e. The number of nitrogens with zero attached hydrogens (tertiary/aromatic N) is 2. The summed E-state index contributed by atoms with van der Waals surface area (Å²) in [4.78, 5) is 19.4. The van der Waals surface area contributed by atoms with E-state index in [0.717, 1.165) is 15.8 Å². The van der Waals surface area contributed by atoms with Crippen LogP contribution in [0.1, 0.15) is 17.7 Å². The molecule has 6 nitrogen and oxygen atoms in total. The molecule has 0 radical (unpaired) electrons. The standard InChI is InChI=1S/C22H19ClN2O4S2/c1-15-9-10-18(23)21-20(15)24-22(30-21)25(14-16-6-5-12-29-16)19(26)11-13-31(27,28)17-7-3-2-4-8-17/h2-10,12H,11,13-14H2,1H3. The van der Waals surface area contributed by atoms with Gasteiger partial charge in [0.1, 0.15) is 5.76 Å². The summed E-state index contributed by atoms with van der Waals surface area (Å²) in [7, 11) is -3.58. The number of thiazole rings is 1. The first-order chi connectivity index (χ1) is 14.8. The number of furan rings is 1. The van der Waals surface area contributed by atoms with Crippen LogP contribution in [-0.4, -0.2) is 25.1 Å². The van der Waals surface area contributed by atoms with Crippen LogP contribution in [-0.2, 0) is 21.2 Å². The van der Waals surface area contributed by atoms with Gasteiger partial charge in [-0.15, -0.1) is 0 Å². The summed E-state index contributed by atoms with van der Waals surface area (Å²) < 4.78 is 31.4. The highest BCUT2D eigenvalue weighted by Crippen LogP contribution is 2.36. The average Bonchev–Trinajstić information content (AvgIpc) is 3.44. The number of anilines is 1. The SMILES string of the molecule is Cc1ccc(Cl)c2sc(N(Cc3ccco3)C(=O)CCS(=O)(=O)c3ccccc3)nc12. The molecule has 9 heteroatoms. The van der Waals surface area contributed by atoms with Gasteiger partial charge in [-0.1, -0.05) is 47.2 Å². The van der Waals surface area contributed by atoms with E-state index in [1.165, 1.54) is 34.6 Å². The number of amides is 1. The second-order valence-corrected chi connectivity index (χ2v) is 10.5. The van der Waals surface area contributed by atoms with Crippen molar-refractivity contribution in [3.63, 3.8) is 0 Å². The van der Waals surface area contributed by atoms with Crippen molar-refractivity contribution in [2.75, 3.05) is 10.7 Å². The van der Waals surface area contributed by atoms with Crippen LogP contribution < -0.4 is 4.90 Å². The number of halogens is 1. The van der Waals surface area contributed by atoms with E-state index in [1.54, 1.807) is 36.4 Å². The van der Waals surface area contributed by atoms with Gasteiger partial charge in [-0.05, 0) is 42.8 Å². The zero-order chi connectivity index (χ0) is 22.0. The number of carbonyl (C=O) groups excluding carboxylic acids is 1. The summed E-state index contributed by atoms with van der Waals surface area (Å²) in [5.74, 6) is -0.0834. The summed E-state index contributed by atoms with van der Waals surface area (Å²) >= 11 is 7.62. The fourth-order valence-corrected chi connectivity index (χ4v) is 5.71. The van der Waals surface area contributed by atoms with Gasteiger partial charge in [0, 0.05) is 6.42 Å². The summed E-state index contributed by atoms with van der Waals surface area (Å²) in [6.45, 7) is 2.07. The topological polar surface area (TPSA) is 80.5 Å². The molecule has 0 atom stereocenters. The fraction of sp³-hybridized carbons (Fsp3) is 0.182. The van der Waals surface area contributed by atoms with Crippen LogP contribution in [0.3, 0.4) is 0 Å². The van der Waals surface area contributed by atoms with E-state index >= 15 is 0 Å². The third-order valence-electron chi connectivity index (χ3n) is 4.80. The molecule has 0 aliphatic carbocycles. The second kappa shape index (κ2) is 8.82. The number of sulfone groups is 1. The quantitative estimate of drug-likeness (QED) is 0.365. The van der Waals surface area contributed by atoms with Crippen molar-refractivity contribution in [1.82, 2.24) is 4.98 Å². The predicted molar refractivity (Wildman–Crippen MR) is 122 cm³/mol. The summed E-state index contributed by atoms with van der Waals surface area (Å²) in [6, 6.07) is 15.3. The fourth-order valence-electron chi connectivity index (χ4n) is 3.13. The van der Waals surface area contributed by atoms with Crippen molar-refractivity contribution in [1.29, 1.82) is 0 Å². The van der Waals surface area contributed by atoms with Crippen LogP contribution >= 0.6 is 22.9 Å². The maximum atomic E-state index is 13.1. The van der Waals surface area contributed by atoms with Crippen LogP contribution in [0, 0.1) is 6.92 Å². The molecule has 0 aliphatic rings. The number of aromatic nitrogens is 1. The number of carbonyl (C=O) groups is 1. The van der Waals surface area contributed by atoms with E-state index in [4.69, 9.17) is 16.0 Å². The van der Waals surface area contributed by atoms with Crippen LogP contribution in [0.25, 0.3) is 10.2 Å². The van der Waals surface area contributed by atoms with Gasteiger partial charge in [-0.25, -0.2) is 13.4 Å². The van der Waals surface area contributed by atoms with Gasteiger partial charge < -0.3 is 4.42 Å². The molecule has 0 bridgehead atoms. The van der Waals surface area contributed by atoms with E-state index < -0.39 is 9.84 Å². The van der Waals surface area contributed by atoms with Crippen LogP contribution in [0.4, 0.5) is 5.13 Å². The maximum Gasteiger partial charge on any atom is 0.230 e. The Morgan fingerprint density at radius 1 is 1.13 bits per heavy atom. The number of hydrogen-bond donors (Lipinski definition) is 0. The number of aryl methyl sites for hydroxylation is 1. The van der Waals surface area contributed by atoms with Crippen molar-refractivity contribution < 1.29 is 17.6 Å². The minimum atomic E-state index is -3.58. The average molecular weight is 475 g/mol. The summed E-state index contributed by atoms with van der Waals surface area (Å²) in [6.07, 6.45) is 1.35. The van der Waals surface area contributed by atoms with Crippen molar-refractivity contribution in [3.8, 4) is 0 Å². The normalized spacial score (nSPS) is 11.7.